The summed E-state index contributed by atoms with van der Waals surface area (Å²) in [4.78, 5) is 20.7. The predicted molar refractivity (Wildman–Crippen MR) is 250 cm³/mol. The van der Waals surface area contributed by atoms with E-state index in [4.69, 9.17) is 19.9 Å². The van der Waals surface area contributed by atoms with Gasteiger partial charge in [0.05, 0.1) is 26.9 Å². The van der Waals surface area contributed by atoms with Crippen molar-refractivity contribution in [2.75, 3.05) is 0 Å². The van der Waals surface area contributed by atoms with Crippen LogP contribution in [0.1, 0.15) is 0 Å². The van der Waals surface area contributed by atoms with Crippen LogP contribution in [-0.2, 0) is 0 Å². The van der Waals surface area contributed by atoms with Gasteiger partial charge in [-0.2, -0.15) is 0 Å². The molecule has 0 aliphatic rings. The van der Waals surface area contributed by atoms with E-state index in [0.717, 1.165) is 66.7 Å². The highest BCUT2D eigenvalue weighted by molar-refractivity contribution is 7.26. The number of para-hydroxylation sites is 2. The van der Waals surface area contributed by atoms with Crippen molar-refractivity contribution < 1.29 is 0 Å². The van der Waals surface area contributed by atoms with Crippen LogP contribution in [0.3, 0.4) is 0 Å². The Morgan fingerprint density at radius 2 is 0.900 bits per heavy atom. The van der Waals surface area contributed by atoms with E-state index < -0.39 is 0 Å². The van der Waals surface area contributed by atoms with Crippen LogP contribution in [0.2, 0.25) is 0 Å². The van der Waals surface area contributed by atoms with Crippen LogP contribution < -0.4 is 0 Å². The first-order valence-corrected chi connectivity index (χ1v) is 20.9. The topological polar surface area (TPSA) is 56.5 Å². The number of aromatic nitrogens is 5. The van der Waals surface area contributed by atoms with E-state index in [0.29, 0.717) is 17.5 Å². The van der Waals surface area contributed by atoms with E-state index in [1.807, 2.05) is 41.7 Å². The summed E-state index contributed by atoms with van der Waals surface area (Å²) in [5.74, 6) is 1.86. The number of pyridine rings is 1. The molecule has 60 heavy (non-hydrogen) atoms. The highest BCUT2D eigenvalue weighted by Crippen LogP contribution is 2.45. The minimum Gasteiger partial charge on any atom is -0.309 e. The summed E-state index contributed by atoms with van der Waals surface area (Å²) in [7, 11) is 0. The van der Waals surface area contributed by atoms with Crippen LogP contribution in [0, 0.1) is 0 Å². The molecule has 4 aromatic heterocycles. The normalized spacial score (nSPS) is 11.7. The molecule has 0 aliphatic carbocycles. The molecule has 6 heteroatoms. The molecular formula is C54H33N5S. The first-order valence-electron chi connectivity index (χ1n) is 20.1. The summed E-state index contributed by atoms with van der Waals surface area (Å²) < 4.78 is 4.78. The van der Waals surface area contributed by atoms with Gasteiger partial charge in [-0.3, -0.25) is 0 Å². The quantitative estimate of drug-likeness (QED) is 0.169. The number of fused-ring (bicyclic) bond motifs is 8. The third kappa shape index (κ3) is 5.61. The Balaban J connectivity index is 0.995. The van der Waals surface area contributed by atoms with Crippen molar-refractivity contribution >= 4 is 64.2 Å². The van der Waals surface area contributed by atoms with Crippen LogP contribution in [-0.4, -0.2) is 24.5 Å². The first kappa shape index (κ1) is 34.3. The largest absolute Gasteiger partial charge is 0.309 e. The van der Waals surface area contributed by atoms with Crippen molar-refractivity contribution in [2.24, 2.45) is 0 Å². The summed E-state index contributed by atoms with van der Waals surface area (Å²) >= 11 is 1.81. The lowest BCUT2D eigenvalue weighted by molar-refractivity contribution is 1.07. The maximum atomic E-state index is 5.33. The molecule has 0 N–H and O–H groups in total. The standard InChI is InChI=1S/C54H33N5S/c1-3-15-35(16-4-1)50-51-49(43-23-9-12-28-47(43)60-51)48-40(24-14-25-44(48)55-50)34-29-31-37(32-30-34)53-56-52(36-17-5-2-6-18-36)57-54(58-53)38-19-13-20-39(33-38)59-45-26-10-7-21-41(45)42-22-8-11-27-46(42)59/h1-33H. The highest BCUT2D eigenvalue weighted by Gasteiger charge is 2.20. The van der Waals surface area contributed by atoms with Gasteiger partial charge in [0.15, 0.2) is 17.5 Å². The first-order chi connectivity index (χ1) is 29.7. The van der Waals surface area contributed by atoms with Gasteiger partial charge in [-0.25, -0.2) is 19.9 Å². The van der Waals surface area contributed by atoms with E-state index in [9.17, 15) is 0 Å². The number of hydrogen-bond donors (Lipinski definition) is 0. The van der Waals surface area contributed by atoms with E-state index in [1.165, 1.54) is 30.9 Å². The monoisotopic (exact) mass is 783 g/mol. The second-order valence-corrected chi connectivity index (χ2v) is 16.1. The van der Waals surface area contributed by atoms with Crippen molar-refractivity contribution in [3.05, 3.63) is 200 Å². The van der Waals surface area contributed by atoms with Gasteiger partial charge in [0.1, 0.15) is 0 Å². The molecule has 8 aromatic carbocycles. The SMILES string of the molecule is c1ccc(-c2nc(-c3ccc(-c4cccc5nc(-c6ccccc6)c6sc7ccccc7c6c45)cc3)nc(-c3cccc(-n4c5ccccc5c5ccccc54)c3)n2)cc1. The summed E-state index contributed by atoms with van der Waals surface area (Å²) in [6, 6.07) is 70.1. The molecule has 0 amide bonds. The molecule has 0 unspecified atom stereocenters. The summed E-state index contributed by atoms with van der Waals surface area (Å²) in [5.41, 5.74) is 11.5. The predicted octanol–water partition coefficient (Wildman–Crippen LogP) is 14.2. The Bertz CT molecular complexity index is 3540. The van der Waals surface area contributed by atoms with Gasteiger partial charge in [-0.05, 0) is 47.5 Å². The van der Waals surface area contributed by atoms with Crippen LogP contribution in [0.4, 0.5) is 0 Å². The van der Waals surface area contributed by atoms with Crippen molar-refractivity contribution in [1.29, 1.82) is 0 Å². The summed E-state index contributed by atoms with van der Waals surface area (Å²) in [6.07, 6.45) is 0. The van der Waals surface area contributed by atoms with Gasteiger partial charge in [-0.15, -0.1) is 11.3 Å². The fraction of sp³-hybridized carbons (Fsp3) is 0. The van der Waals surface area contributed by atoms with Gasteiger partial charge < -0.3 is 4.57 Å². The van der Waals surface area contributed by atoms with Crippen LogP contribution in [0.15, 0.2) is 200 Å². The molecular weight excluding hydrogens is 751 g/mol. The Morgan fingerprint density at radius 1 is 0.367 bits per heavy atom. The zero-order valence-electron chi connectivity index (χ0n) is 32.2. The van der Waals surface area contributed by atoms with Crippen LogP contribution in [0.25, 0.3) is 115 Å². The summed E-state index contributed by atoms with van der Waals surface area (Å²) in [5, 5.41) is 6.10. The van der Waals surface area contributed by atoms with Crippen molar-refractivity contribution in [2.45, 2.75) is 0 Å². The van der Waals surface area contributed by atoms with Crippen molar-refractivity contribution in [3.63, 3.8) is 0 Å². The fourth-order valence-electron chi connectivity index (χ4n) is 8.69. The maximum Gasteiger partial charge on any atom is 0.164 e. The Labute approximate surface area is 349 Å². The van der Waals surface area contributed by atoms with Crippen molar-refractivity contribution in [1.82, 2.24) is 24.5 Å². The van der Waals surface area contributed by atoms with Gasteiger partial charge in [0.25, 0.3) is 0 Å². The lowest BCUT2D eigenvalue weighted by atomic mass is 9.95. The third-order valence-electron chi connectivity index (χ3n) is 11.4. The van der Waals surface area contributed by atoms with Gasteiger partial charge >= 0.3 is 0 Å². The second kappa shape index (κ2) is 13.9. The molecule has 12 aromatic rings. The number of hydrogen-bond acceptors (Lipinski definition) is 5. The molecule has 5 nitrogen and oxygen atoms in total. The average Bonchev–Trinajstić information content (AvgIpc) is 3.88. The Morgan fingerprint density at radius 3 is 1.60 bits per heavy atom. The molecule has 0 saturated carbocycles. The lowest BCUT2D eigenvalue weighted by Crippen LogP contribution is -2.01. The number of rotatable bonds is 6. The molecule has 4 heterocycles. The Kier molecular flexibility index (Phi) is 7.96. The second-order valence-electron chi connectivity index (χ2n) is 15.0. The molecule has 0 radical (unpaired) electrons. The fourth-order valence-corrected chi connectivity index (χ4v) is 9.91. The minimum atomic E-state index is 0.617. The Hall–Kier alpha value is -7.80. The third-order valence-corrected chi connectivity index (χ3v) is 12.6. The average molecular weight is 784 g/mol. The number of nitrogens with zero attached hydrogens (tertiary/aromatic N) is 5. The van der Waals surface area contributed by atoms with Crippen molar-refractivity contribution in [3.8, 4) is 62.2 Å². The van der Waals surface area contributed by atoms with E-state index in [1.54, 1.807) is 0 Å². The number of benzene rings is 8. The van der Waals surface area contributed by atoms with Crippen LogP contribution >= 0.6 is 11.3 Å². The highest BCUT2D eigenvalue weighted by atomic mass is 32.1. The molecule has 12 rings (SSSR count). The molecule has 0 aliphatic heterocycles. The molecule has 0 bridgehead atoms. The molecule has 0 atom stereocenters. The smallest absolute Gasteiger partial charge is 0.164 e. The molecule has 0 fully saturated rings. The molecule has 280 valence electrons. The van der Waals surface area contributed by atoms with Gasteiger partial charge in [0.2, 0.25) is 0 Å². The molecule has 0 saturated heterocycles. The number of thiophene rings is 1. The zero-order chi connectivity index (χ0) is 39.6. The molecule has 0 spiro atoms. The minimum absolute atomic E-state index is 0.617. The van der Waals surface area contributed by atoms with Gasteiger partial charge in [0, 0.05) is 59.6 Å². The van der Waals surface area contributed by atoms with Gasteiger partial charge in [-0.1, -0.05) is 164 Å². The maximum absolute atomic E-state index is 5.33. The van der Waals surface area contributed by atoms with E-state index in [-0.39, 0.29) is 0 Å². The zero-order valence-corrected chi connectivity index (χ0v) is 33.0. The van der Waals surface area contributed by atoms with E-state index >= 15 is 0 Å². The summed E-state index contributed by atoms with van der Waals surface area (Å²) in [6.45, 7) is 0. The lowest BCUT2D eigenvalue weighted by Gasteiger charge is -2.13. The van der Waals surface area contributed by atoms with Crippen LogP contribution in [0.5, 0.6) is 0 Å². The van der Waals surface area contributed by atoms with E-state index in [2.05, 4.69) is 174 Å².